The smallest absolute Gasteiger partial charge is 0.423 e. The summed E-state index contributed by atoms with van der Waals surface area (Å²) in [6, 6.07) is 11.2. The average molecular weight is 353 g/mol. The summed E-state index contributed by atoms with van der Waals surface area (Å²) >= 11 is 0. The molecule has 0 spiro atoms. The lowest BCUT2D eigenvalue weighted by Crippen LogP contribution is -2.36. The third kappa shape index (κ3) is 3.57. The van der Waals surface area contributed by atoms with E-state index in [0.717, 1.165) is 10.8 Å². The van der Waals surface area contributed by atoms with E-state index in [1.54, 1.807) is 24.5 Å². The molecule has 0 radical (unpaired) electrons. The first-order chi connectivity index (χ1) is 12.5. The van der Waals surface area contributed by atoms with Gasteiger partial charge in [0.2, 0.25) is 5.91 Å². The Morgan fingerprint density at radius 2 is 2.04 bits per heavy atom. The van der Waals surface area contributed by atoms with E-state index >= 15 is 0 Å². The van der Waals surface area contributed by atoms with E-state index in [-0.39, 0.29) is 17.6 Å². The van der Waals surface area contributed by atoms with Crippen molar-refractivity contribution in [3.05, 3.63) is 66.2 Å². The molecular formula is C18H17BFN3O3. The number of amides is 1. The maximum atomic E-state index is 14.5. The van der Waals surface area contributed by atoms with E-state index in [1.807, 2.05) is 12.1 Å². The molecule has 0 aliphatic heterocycles. The van der Waals surface area contributed by atoms with E-state index in [4.69, 9.17) is 5.73 Å². The molecule has 1 heterocycles. The number of nitrogens with two attached hydrogens (primary N) is 1. The fraction of sp³-hybridized carbons (Fsp3) is 0.111. The molecule has 3 rings (SSSR count). The molecule has 1 amide bonds. The zero-order valence-corrected chi connectivity index (χ0v) is 13.8. The van der Waals surface area contributed by atoms with Crippen LogP contribution in [0.5, 0.6) is 0 Å². The summed E-state index contributed by atoms with van der Waals surface area (Å²) in [6.07, 6.45) is 3.36. The van der Waals surface area contributed by atoms with Crippen LogP contribution in [0.3, 0.4) is 0 Å². The van der Waals surface area contributed by atoms with Crippen LogP contribution in [0.4, 0.5) is 10.1 Å². The number of halogens is 1. The molecule has 1 atom stereocenters. The van der Waals surface area contributed by atoms with Crippen LogP contribution in [0.1, 0.15) is 11.5 Å². The van der Waals surface area contributed by atoms with Gasteiger partial charge in [0.05, 0.1) is 5.92 Å². The first kappa shape index (κ1) is 18.0. The predicted octanol–water partition coefficient (Wildman–Crippen LogP) is 0.735. The Balaban J connectivity index is 1.88. The van der Waals surface area contributed by atoms with Crippen LogP contribution in [0.25, 0.3) is 10.8 Å². The fourth-order valence-electron chi connectivity index (χ4n) is 2.80. The summed E-state index contributed by atoms with van der Waals surface area (Å²) in [5, 5.41) is 23.0. The Bertz CT molecular complexity index is 952. The molecule has 2 aromatic carbocycles. The van der Waals surface area contributed by atoms with Gasteiger partial charge in [-0.25, -0.2) is 4.39 Å². The molecular weight excluding hydrogens is 336 g/mol. The number of anilines is 1. The lowest BCUT2D eigenvalue weighted by molar-refractivity contribution is -0.117. The zero-order chi connectivity index (χ0) is 18.7. The van der Waals surface area contributed by atoms with Crippen molar-refractivity contribution in [2.75, 3.05) is 11.9 Å². The highest BCUT2D eigenvalue weighted by Crippen LogP contribution is 2.22. The number of carbonyl (C=O) groups excluding carboxylic acids is 1. The minimum atomic E-state index is -1.97. The van der Waals surface area contributed by atoms with Crippen molar-refractivity contribution < 1.29 is 19.2 Å². The summed E-state index contributed by atoms with van der Waals surface area (Å²) in [4.78, 5) is 16.6. The second-order valence-corrected chi connectivity index (χ2v) is 5.84. The zero-order valence-electron chi connectivity index (χ0n) is 13.8. The predicted molar refractivity (Wildman–Crippen MR) is 98.4 cm³/mol. The number of rotatable bonds is 5. The molecule has 3 aromatic rings. The maximum Gasteiger partial charge on any atom is 0.491 e. The van der Waals surface area contributed by atoms with Gasteiger partial charge in [-0.15, -0.1) is 0 Å². The van der Waals surface area contributed by atoms with Gasteiger partial charge < -0.3 is 21.1 Å². The van der Waals surface area contributed by atoms with E-state index in [1.165, 1.54) is 18.2 Å². The number of hydrogen-bond donors (Lipinski definition) is 4. The first-order valence-electron chi connectivity index (χ1n) is 8.00. The second kappa shape index (κ2) is 7.61. The van der Waals surface area contributed by atoms with Crippen LogP contribution < -0.4 is 16.5 Å². The minimum Gasteiger partial charge on any atom is -0.423 e. The van der Waals surface area contributed by atoms with Crippen LogP contribution in [0.2, 0.25) is 0 Å². The van der Waals surface area contributed by atoms with Gasteiger partial charge in [0, 0.05) is 41.0 Å². The van der Waals surface area contributed by atoms with E-state index < -0.39 is 24.8 Å². The standard InChI is InChI=1S/C18H17BFN3O3/c20-17-14(2-1-3-16(17)19(25)26)15(9-21)18(24)23-13-5-4-12-10-22-7-6-11(12)8-13/h1-8,10,15,25-26H,9,21H2,(H,23,24). The fourth-order valence-corrected chi connectivity index (χ4v) is 2.80. The maximum absolute atomic E-state index is 14.5. The van der Waals surface area contributed by atoms with Crippen molar-refractivity contribution in [1.29, 1.82) is 0 Å². The molecule has 8 heteroatoms. The highest BCUT2D eigenvalue weighted by molar-refractivity contribution is 6.58. The second-order valence-electron chi connectivity index (χ2n) is 5.84. The van der Waals surface area contributed by atoms with E-state index in [9.17, 15) is 19.2 Å². The number of benzene rings is 2. The van der Waals surface area contributed by atoms with Crippen molar-refractivity contribution in [2.45, 2.75) is 5.92 Å². The number of nitrogens with one attached hydrogen (secondary N) is 1. The topological polar surface area (TPSA) is 108 Å². The van der Waals surface area contributed by atoms with Gasteiger partial charge in [0.1, 0.15) is 5.82 Å². The average Bonchev–Trinajstić information content (AvgIpc) is 2.63. The van der Waals surface area contributed by atoms with Crippen LogP contribution in [0, 0.1) is 5.82 Å². The van der Waals surface area contributed by atoms with Crippen LogP contribution >= 0.6 is 0 Å². The molecule has 0 fully saturated rings. The number of hydrogen-bond acceptors (Lipinski definition) is 5. The van der Waals surface area contributed by atoms with Crippen molar-refractivity contribution >= 4 is 34.9 Å². The number of aromatic nitrogens is 1. The van der Waals surface area contributed by atoms with Gasteiger partial charge >= 0.3 is 7.12 Å². The van der Waals surface area contributed by atoms with Gasteiger partial charge in [-0.1, -0.05) is 24.3 Å². The number of fused-ring (bicyclic) bond motifs is 1. The summed E-state index contributed by atoms with van der Waals surface area (Å²) < 4.78 is 14.5. The Morgan fingerprint density at radius 3 is 2.77 bits per heavy atom. The SMILES string of the molecule is NCC(C(=O)Nc1ccc2cnccc2c1)c1cccc(B(O)O)c1F. The molecule has 0 aliphatic rings. The van der Waals surface area contributed by atoms with Crippen LogP contribution in [-0.4, -0.2) is 34.6 Å². The lowest BCUT2D eigenvalue weighted by atomic mass is 9.77. The summed E-state index contributed by atoms with van der Waals surface area (Å²) in [5.41, 5.74) is 5.95. The Morgan fingerprint density at radius 1 is 1.23 bits per heavy atom. The molecule has 0 aliphatic carbocycles. The van der Waals surface area contributed by atoms with Crippen LogP contribution in [0.15, 0.2) is 54.9 Å². The number of pyridine rings is 1. The lowest BCUT2D eigenvalue weighted by Gasteiger charge is -2.17. The quantitative estimate of drug-likeness (QED) is 0.506. The summed E-state index contributed by atoms with van der Waals surface area (Å²) in [5.74, 6) is -2.30. The molecule has 0 saturated heterocycles. The minimum absolute atomic E-state index is 0.0144. The molecule has 6 nitrogen and oxygen atoms in total. The van der Waals surface area contributed by atoms with Crippen molar-refractivity contribution in [1.82, 2.24) is 4.98 Å². The Kier molecular flexibility index (Phi) is 5.27. The van der Waals surface area contributed by atoms with Gasteiger partial charge in [-0.05, 0) is 23.6 Å². The number of nitrogens with zero attached hydrogens (tertiary/aromatic N) is 1. The van der Waals surface area contributed by atoms with Gasteiger partial charge in [-0.2, -0.15) is 0 Å². The number of carbonyl (C=O) groups is 1. The molecule has 132 valence electrons. The van der Waals surface area contributed by atoms with E-state index in [0.29, 0.717) is 5.69 Å². The third-order valence-corrected chi connectivity index (χ3v) is 4.17. The van der Waals surface area contributed by atoms with Gasteiger partial charge in [0.15, 0.2) is 0 Å². The third-order valence-electron chi connectivity index (χ3n) is 4.17. The summed E-state index contributed by atoms with van der Waals surface area (Å²) in [6.45, 7) is -0.134. The highest BCUT2D eigenvalue weighted by Gasteiger charge is 2.26. The molecule has 26 heavy (non-hydrogen) atoms. The van der Waals surface area contributed by atoms with Crippen molar-refractivity contribution in [2.24, 2.45) is 5.73 Å². The van der Waals surface area contributed by atoms with Crippen molar-refractivity contribution in [3.8, 4) is 0 Å². The monoisotopic (exact) mass is 353 g/mol. The molecule has 0 bridgehead atoms. The Hall–Kier alpha value is -2.81. The normalized spacial score (nSPS) is 12.0. The van der Waals surface area contributed by atoms with Crippen molar-refractivity contribution in [3.63, 3.8) is 0 Å². The largest absolute Gasteiger partial charge is 0.491 e. The van der Waals surface area contributed by atoms with E-state index in [2.05, 4.69) is 10.3 Å². The van der Waals surface area contributed by atoms with Gasteiger partial charge in [-0.3, -0.25) is 9.78 Å². The molecule has 5 N–H and O–H groups in total. The first-order valence-corrected chi connectivity index (χ1v) is 8.00. The molecule has 0 saturated carbocycles. The van der Waals surface area contributed by atoms with Gasteiger partial charge in [0.25, 0.3) is 0 Å². The van der Waals surface area contributed by atoms with Crippen LogP contribution in [-0.2, 0) is 4.79 Å². The highest BCUT2D eigenvalue weighted by atomic mass is 19.1. The molecule has 1 unspecified atom stereocenters. The Labute approximate surface area is 149 Å². The molecule has 1 aromatic heterocycles. The summed E-state index contributed by atoms with van der Waals surface area (Å²) in [7, 11) is -1.97.